The van der Waals surface area contributed by atoms with Gasteiger partial charge in [-0.1, -0.05) is 17.7 Å². The highest BCUT2D eigenvalue weighted by Crippen LogP contribution is 2.13. The molecule has 0 unspecified atom stereocenters. The van der Waals surface area contributed by atoms with Gasteiger partial charge in [0, 0.05) is 12.6 Å². The fraction of sp³-hybridized carbons (Fsp3) is 0.154. The zero-order chi connectivity index (χ0) is 10.8. The van der Waals surface area contributed by atoms with Gasteiger partial charge in [0.2, 0.25) is 0 Å². The van der Waals surface area contributed by atoms with E-state index in [-0.39, 0.29) is 5.56 Å². The Labute approximate surface area is 88.5 Å². The molecular weight excluding hydrogens is 186 g/mol. The Kier molecular flexibility index (Phi) is 2.42. The second-order valence-corrected chi connectivity index (χ2v) is 3.63. The van der Waals surface area contributed by atoms with Crippen molar-refractivity contribution in [2.75, 3.05) is 0 Å². The van der Waals surface area contributed by atoms with Crippen LogP contribution >= 0.6 is 0 Å². The van der Waals surface area contributed by atoms with Crippen LogP contribution in [0.2, 0.25) is 0 Å². The van der Waals surface area contributed by atoms with Crippen molar-refractivity contribution in [3.8, 4) is 0 Å². The lowest BCUT2D eigenvalue weighted by molar-refractivity contribution is 0.818. The number of hydrogen-bond acceptors (Lipinski definition) is 1. The Morgan fingerprint density at radius 1 is 1.33 bits per heavy atom. The number of hydrogen-bond donors (Lipinski definition) is 0. The first kappa shape index (κ1) is 9.71. The zero-order valence-corrected chi connectivity index (χ0v) is 8.73. The van der Waals surface area contributed by atoms with Crippen molar-refractivity contribution in [1.82, 2.24) is 4.57 Å². The van der Waals surface area contributed by atoms with Crippen LogP contribution in [-0.4, -0.2) is 4.57 Å². The van der Waals surface area contributed by atoms with Gasteiger partial charge in [-0.15, -0.1) is 6.58 Å². The molecule has 0 saturated carbocycles. The third kappa shape index (κ3) is 1.71. The molecule has 1 aromatic heterocycles. The number of rotatable bonds is 2. The molecule has 0 spiro atoms. The maximum Gasteiger partial charge on any atom is 0.251 e. The fourth-order valence-electron chi connectivity index (χ4n) is 1.74. The minimum Gasteiger partial charge on any atom is -0.304 e. The molecule has 15 heavy (non-hydrogen) atoms. The highest BCUT2D eigenvalue weighted by molar-refractivity contribution is 5.79. The van der Waals surface area contributed by atoms with E-state index >= 15 is 0 Å². The van der Waals surface area contributed by atoms with Crippen LogP contribution < -0.4 is 5.56 Å². The number of aromatic nitrogens is 1. The van der Waals surface area contributed by atoms with Gasteiger partial charge in [0.1, 0.15) is 0 Å². The van der Waals surface area contributed by atoms with E-state index in [0.717, 1.165) is 10.9 Å². The van der Waals surface area contributed by atoms with Crippen molar-refractivity contribution < 1.29 is 0 Å². The van der Waals surface area contributed by atoms with Crippen LogP contribution in [-0.2, 0) is 6.54 Å². The molecule has 2 aromatic rings. The molecule has 2 heteroatoms. The highest BCUT2D eigenvalue weighted by Gasteiger charge is 2.00. The maximum atomic E-state index is 11.6. The van der Waals surface area contributed by atoms with Gasteiger partial charge in [-0.3, -0.25) is 4.79 Å². The maximum absolute atomic E-state index is 11.6. The summed E-state index contributed by atoms with van der Waals surface area (Å²) < 4.78 is 1.72. The topological polar surface area (TPSA) is 22.0 Å². The third-order valence-corrected chi connectivity index (χ3v) is 2.46. The number of aryl methyl sites for hydroxylation is 1. The molecule has 2 nitrogen and oxygen atoms in total. The van der Waals surface area contributed by atoms with Gasteiger partial charge in [0.25, 0.3) is 5.56 Å². The molecular formula is C13H13NO. The van der Waals surface area contributed by atoms with Gasteiger partial charge in [0.15, 0.2) is 0 Å². The molecule has 0 aliphatic carbocycles. The molecule has 2 rings (SSSR count). The number of benzene rings is 1. The monoisotopic (exact) mass is 199 g/mol. The van der Waals surface area contributed by atoms with Crippen molar-refractivity contribution in [3.63, 3.8) is 0 Å². The fourth-order valence-corrected chi connectivity index (χ4v) is 1.74. The molecule has 0 aliphatic heterocycles. The zero-order valence-electron chi connectivity index (χ0n) is 8.73. The Morgan fingerprint density at radius 3 is 2.87 bits per heavy atom. The van der Waals surface area contributed by atoms with Crippen molar-refractivity contribution in [3.05, 3.63) is 58.9 Å². The molecule has 0 saturated heterocycles. The quantitative estimate of drug-likeness (QED) is 0.681. The van der Waals surface area contributed by atoms with E-state index in [9.17, 15) is 4.79 Å². The second-order valence-electron chi connectivity index (χ2n) is 3.63. The van der Waals surface area contributed by atoms with Gasteiger partial charge in [-0.2, -0.15) is 0 Å². The Hall–Kier alpha value is -1.83. The smallest absolute Gasteiger partial charge is 0.251 e. The van der Waals surface area contributed by atoms with E-state index < -0.39 is 0 Å². The Morgan fingerprint density at radius 2 is 2.13 bits per heavy atom. The van der Waals surface area contributed by atoms with Crippen molar-refractivity contribution >= 4 is 10.9 Å². The molecule has 1 aromatic carbocycles. The van der Waals surface area contributed by atoms with E-state index in [2.05, 4.69) is 12.6 Å². The van der Waals surface area contributed by atoms with Crippen molar-refractivity contribution in [1.29, 1.82) is 0 Å². The number of pyridine rings is 1. The first-order chi connectivity index (χ1) is 7.22. The number of nitrogens with zero attached hydrogens (tertiary/aromatic N) is 1. The van der Waals surface area contributed by atoms with Crippen LogP contribution in [0.4, 0.5) is 0 Å². The van der Waals surface area contributed by atoms with Crippen LogP contribution in [0.15, 0.2) is 47.8 Å². The number of fused-ring (bicyclic) bond motifs is 1. The summed E-state index contributed by atoms with van der Waals surface area (Å²) in [5.74, 6) is 0. The van der Waals surface area contributed by atoms with Crippen molar-refractivity contribution in [2.45, 2.75) is 13.5 Å². The molecule has 0 N–H and O–H groups in total. The second kappa shape index (κ2) is 3.73. The molecule has 0 atom stereocenters. The Balaban J connectivity index is 2.81. The summed E-state index contributed by atoms with van der Waals surface area (Å²) in [6, 6.07) is 9.54. The van der Waals surface area contributed by atoms with Gasteiger partial charge in [-0.05, 0) is 30.5 Å². The first-order valence-corrected chi connectivity index (χ1v) is 4.93. The van der Waals surface area contributed by atoms with E-state index in [1.807, 2.05) is 25.1 Å². The molecule has 0 radical (unpaired) electrons. The summed E-state index contributed by atoms with van der Waals surface area (Å²) in [6.07, 6.45) is 1.74. The summed E-state index contributed by atoms with van der Waals surface area (Å²) in [4.78, 5) is 11.6. The minimum absolute atomic E-state index is 0.0197. The SMILES string of the molecule is C=CCn1c(=O)ccc2cc(C)ccc21. The Bertz CT molecular complexity index is 566. The van der Waals surface area contributed by atoms with Crippen LogP contribution in [0.3, 0.4) is 0 Å². The minimum atomic E-state index is 0.0197. The lowest BCUT2D eigenvalue weighted by Gasteiger charge is -2.07. The summed E-state index contributed by atoms with van der Waals surface area (Å²) in [5.41, 5.74) is 2.19. The lowest BCUT2D eigenvalue weighted by atomic mass is 10.1. The van der Waals surface area contributed by atoms with E-state index in [1.165, 1.54) is 5.56 Å². The molecule has 0 fully saturated rings. The summed E-state index contributed by atoms with van der Waals surface area (Å²) >= 11 is 0. The average molecular weight is 199 g/mol. The predicted molar refractivity (Wildman–Crippen MR) is 63.1 cm³/mol. The predicted octanol–water partition coefficient (Wildman–Crippen LogP) is 2.50. The standard InChI is InChI=1S/C13H13NO/c1-3-8-14-12-6-4-10(2)9-11(12)5-7-13(14)15/h3-7,9H,1,8H2,2H3. The summed E-state index contributed by atoms with van der Waals surface area (Å²) in [6.45, 7) is 6.26. The van der Waals surface area contributed by atoms with Crippen LogP contribution in [0.1, 0.15) is 5.56 Å². The molecule has 0 amide bonds. The highest BCUT2D eigenvalue weighted by atomic mass is 16.1. The normalized spacial score (nSPS) is 10.5. The molecule has 0 aliphatic rings. The van der Waals surface area contributed by atoms with Crippen molar-refractivity contribution in [2.24, 2.45) is 0 Å². The summed E-state index contributed by atoms with van der Waals surface area (Å²) in [5, 5.41) is 1.09. The molecule has 0 bridgehead atoms. The molecule has 76 valence electrons. The van der Waals surface area contributed by atoms with Gasteiger partial charge in [-0.25, -0.2) is 0 Å². The van der Waals surface area contributed by atoms with E-state index in [0.29, 0.717) is 6.54 Å². The average Bonchev–Trinajstić information content (AvgIpc) is 2.22. The van der Waals surface area contributed by atoms with Crippen LogP contribution in [0, 0.1) is 6.92 Å². The largest absolute Gasteiger partial charge is 0.304 e. The van der Waals surface area contributed by atoms with Crippen LogP contribution in [0.25, 0.3) is 10.9 Å². The van der Waals surface area contributed by atoms with E-state index in [4.69, 9.17) is 0 Å². The third-order valence-electron chi connectivity index (χ3n) is 2.46. The first-order valence-electron chi connectivity index (χ1n) is 4.93. The van der Waals surface area contributed by atoms with Gasteiger partial charge >= 0.3 is 0 Å². The lowest BCUT2D eigenvalue weighted by Crippen LogP contribution is -2.18. The van der Waals surface area contributed by atoms with Gasteiger partial charge in [0.05, 0.1) is 5.52 Å². The molecule has 1 heterocycles. The van der Waals surface area contributed by atoms with Crippen LogP contribution in [0.5, 0.6) is 0 Å². The van der Waals surface area contributed by atoms with Gasteiger partial charge < -0.3 is 4.57 Å². The summed E-state index contributed by atoms with van der Waals surface area (Å²) in [7, 11) is 0. The van der Waals surface area contributed by atoms with E-state index in [1.54, 1.807) is 16.7 Å². The number of allylic oxidation sites excluding steroid dienone is 1.